The molecule has 1 heterocycles. The van der Waals surface area contributed by atoms with Crippen LogP contribution in [0.3, 0.4) is 0 Å². The topological polar surface area (TPSA) is 57.8 Å². The number of aromatic nitrogens is 1. The Balaban J connectivity index is 1.65. The number of aryl methyl sites for hydroxylation is 1. The fourth-order valence-electron chi connectivity index (χ4n) is 3.68. The Bertz CT molecular complexity index is 1340. The average Bonchev–Trinajstić information content (AvgIpc) is 3.15. The second-order valence-corrected chi connectivity index (χ2v) is 7.97. The number of hydrogen-bond donors (Lipinski definition) is 1. The maximum atomic E-state index is 12.8. The number of rotatable bonds is 6. The summed E-state index contributed by atoms with van der Waals surface area (Å²) in [7, 11) is 0. The molecular formula is C27H22ClN3O. The Hall–Kier alpha value is -3.81. The molecule has 0 aliphatic carbocycles. The van der Waals surface area contributed by atoms with Crippen molar-refractivity contribution in [3.8, 4) is 6.07 Å². The SMILES string of the molecule is CCc1ccc(NC(=O)/C(C#N)=C/c2cn(Cc3cccc(Cl)c3)c3ccccc23)cc1. The molecule has 1 aromatic heterocycles. The minimum absolute atomic E-state index is 0.0511. The van der Waals surface area contributed by atoms with Crippen LogP contribution in [-0.4, -0.2) is 10.5 Å². The Kier molecular flexibility index (Phi) is 6.39. The summed E-state index contributed by atoms with van der Waals surface area (Å²) in [5.41, 5.74) is 4.81. The first-order valence-electron chi connectivity index (χ1n) is 10.4. The van der Waals surface area contributed by atoms with E-state index in [0.717, 1.165) is 28.5 Å². The number of nitrogens with zero attached hydrogens (tertiary/aromatic N) is 2. The van der Waals surface area contributed by atoms with Crippen LogP contribution in [0, 0.1) is 11.3 Å². The Morgan fingerprint density at radius 2 is 1.84 bits per heavy atom. The number of halogens is 1. The summed E-state index contributed by atoms with van der Waals surface area (Å²) in [6, 6.07) is 25.4. The number of nitriles is 1. The van der Waals surface area contributed by atoms with Crippen molar-refractivity contribution in [2.45, 2.75) is 19.9 Å². The zero-order valence-corrected chi connectivity index (χ0v) is 18.4. The minimum atomic E-state index is -0.427. The van der Waals surface area contributed by atoms with Gasteiger partial charge in [-0.25, -0.2) is 0 Å². The van der Waals surface area contributed by atoms with E-state index in [1.807, 2.05) is 85.1 Å². The summed E-state index contributed by atoms with van der Waals surface area (Å²) in [6.45, 7) is 2.71. The van der Waals surface area contributed by atoms with Gasteiger partial charge in [-0.2, -0.15) is 5.26 Å². The third kappa shape index (κ3) is 4.74. The van der Waals surface area contributed by atoms with Crippen molar-refractivity contribution in [1.82, 2.24) is 4.57 Å². The van der Waals surface area contributed by atoms with E-state index in [2.05, 4.69) is 16.8 Å². The summed E-state index contributed by atoms with van der Waals surface area (Å²) >= 11 is 6.14. The van der Waals surface area contributed by atoms with Crippen molar-refractivity contribution in [3.63, 3.8) is 0 Å². The van der Waals surface area contributed by atoms with Crippen LogP contribution >= 0.6 is 11.6 Å². The molecule has 32 heavy (non-hydrogen) atoms. The third-order valence-corrected chi connectivity index (χ3v) is 5.58. The predicted molar refractivity (Wildman–Crippen MR) is 131 cm³/mol. The lowest BCUT2D eigenvalue weighted by molar-refractivity contribution is -0.112. The molecule has 4 aromatic rings. The quantitative estimate of drug-likeness (QED) is 0.277. The van der Waals surface area contributed by atoms with Crippen LogP contribution in [0.4, 0.5) is 5.69 Å². The van der Waals surface area contributed by atoms with Crippen molar-refractivity contribution in [2.24, 2.45) is 0 Å². The van der Waals surface area contributed by atoms with Crippen molar-refractivity contribution in [3.05, 3.63) is 106 Å². The number of carbonyl (C=O) groups is 1. The third-order valence-electron chi connectivity index (χ3n) is 5.35. The number of nitrogens with one attached hydrogen (secondary N) is 1. The van der Waals surface area contributed by atoms with Crippen LogP contribution in [0.15, 0.2) is 84.6 Å². The number of fused-ring (bicyclic) bond motifs is 1. The van der Waals surface area contributed by atoms with E-state index in [1.165, 1.54) is 5.56 Å². The first kappa shape index (κ1) is 21.4. The molecule has 3 aromatic carbocycles. The molecular weight excluding hydrogens is 418 g/mol. The standard InChI is InChI=1S/C27H22ClN3O/c1-2-19-10-12-24(13-11-19)30-27(32)21(16-29)15-22-18-31(26-9-4-3-8-25(22)26)17-20-6-5-7-23(28)14-20/h3-15,18H,2,17H2,1H3,(H,30,32)/b21-15+. The molecule has 4 rings (SSSR count). The van der Waals surface area contributed by atoms with Crippen LogP contribution in [0.2, 0.25) is 5.02 Å². The molecule has 4 nitrogen and oxygen atoms in total. The van der Waals surface area contributed by atoms with Crippen molar-refractivity contribution >= 4 is 40.2 Å². The Morgan fingerprint density at radius 1 is 1.06 bits per heavy atom. The predicted octanol–water partition coefficient (Wildman–Crippen LogP) is 6.45. The second kappa shape index (κ2) is 9.55. The zero-order chi connectivity index (χ0) is 22.5. The number of carbonyl (C=O) groups excluding carboxylic acids is 1. The number of anilines is 1. The van der Waals surface area contributed by atoms with Gasteiger partial charge in [0.1, 0.15) is 11.6 Å². The average molecular weight is 440 g/mol. The summed E-state index contributed by atoms with van der Waals surface area (Å²) < 4.78 is 2.10. The number of benzene rings is 3. The molecule has 0 fully saturated rings. The molecule has 1 amide bonds. The largest absolute Gasteiger partial charge is 0.342 e. The monoisotopic (exact) mass is 439 g/mol. The van der Waals surface area contributed by atoms with Gasteiger partial charge in [0.05, 0.1) is 0 Å². The molecule has 158 valence electrons. The van der Waals surface area contributed by atoms with Gasteiger partial charge >= 0.3 is 0 Å². The number of para-hydroxylation sites is 1. The molecule has 0 atom stereocenters. The molecule has 0 aliphatic heterocycles. The van der Waals surface area contributed by atoms with Gasteiger partial charge in [0.2, 0.25) is 0 Å². The Morgan fingerprint density at radius 3 is 2.56 bits per heavy atom. The molecule has 0 saturated carbocycles. The van der Waals surface area contributed by atoms with E-state index < -0.39 is 5.91 Å². The molecule has 1 N–H and O–H groups in total. The highest BCUT2D eigenvalue weighted by Crippen LogP contribution is 2.25. The van der Waals surface area contributed by atoms with Crippen molar-refractivity contribution in [2.75, 3.05) is 5.32 Å². The highest BCUT2D eigenvalue weighted by molar-refractivity contribution is 6.30. The molecule has 0 radical (unpaired) electrons. The summed E-state index contributed by atoms with van der Waals surface area (Å²) in [4.78, 5) is 12.8. The van der Waals surface area contributed by atoms with Gasteiger partial charge in [-0.15, -0.1) is 0 Å². The van der Waals surface area contributed by atoms with Gasteiger partial charge in [0.15, 0.2) is 0 Å². The van der Waals surface area contributed by atoms with Gasteiger partial charge < -0.3 is 9.88 Å². The van der Waals surface area contributed by atoms with Gasteiger partial charge in [0, 0.05) is 39.9 Å². The lowest BCUT2D eigenvalue weighted by atomic mass is 10.1. The maximum absolute atomic E-state index is 12.8. The summed E-state index contributed by atoms with van der Waals surface area (Å²) in [5, 5.41) is 14.1. The lowest BCUT2D eigenvalue weighted by Gasteiger charge is -2.06. The second-order valence-electron chi connectivity index (χ2n) is 7.53. The first-order valence-corrected chi connectivity index (χ1v) is 10.8. The Labute approximate surface area is 192 Å². The van der Waals surface area contributed by atoms with Crippen LogP contribution < -0.4 is 5.32 Å². The van der Waals surface area contributed by atoms with Crippen molar-refractivity contribution in [1.29, 1.82) is 5.26 Å². The first-order chi connectivity index (χ1) is 15.6. The maximum Gasteiger partial charge on any atom is 0.266 e. The van der Waals surface area contributed by atoms with Gasteiger partial charge in [-0.3, -0.25) is 4.79 Å². The molecule has 0 unspecified atom stereocenters. The molecule has 0 spiro atoms. The van der Waals surface area contributed by atoms with Gasteiger partial charge in [0.25, 0.3) is 5.91 Å². The van der Waals surface area contributed by atoms with Gasteiger partial charge in [-0.1, -0.05) is 61.0 Å². The van der Waals surface area contributed by atoms with E-state index >= 15 is 0 Å². The van der Waals surface area contributed by atoms with Crippen LogP contribution in [0.25, 0.3) is 17.0 Å². The minimum Gasteiger partial charge on any atom is -0.342 e. The summed E-state index contributed by atoms with van der Waals surface area (Å²) in [5.74, 6) is -0.427. The van der Waals surface area contributed by atoms with E-state index in [0.29, 0.717) is 17.3 Å². The highest BCUT2D eigenvalue weighted by atomic mass is 35.5. The van der Waals surface area contributed by atoms with Gasteiger partial charge in [-0.05, 0) is 54.0 Å². The molecule has 0 aliphatic rings. The highest BCUT2D eigenvalue weighted by Gasteiger charge is 2.13. The normalized spacial score (nSPS) is 11.3. The van der Waals surface area contributed by atoms with Crippen LogP contribution in [-0.2, 0) is 17.8 Å². The molecule has 0 bridgehead atoms. The summed E-state index contributed by atoms with van der Waals surface area (Å²) in [6.07, 6.45) is 4.54. The lowest BCUT2D eigenvalue weighted by Crippen LogP contribution is -2.13. The van der Waals surface area contributed by atoms with Crippen molar-refractivity contribution < 1.29 is 4.79 Å². The molecule has 5 heteroatoms. The number of amides is 1. The van der Waals surface area contributed by atoms with E-state index in [1.54, 1.807) is 6.08 Å². The van der Waals surface area contributed by atoms with Crippen LogP contribution in [0.5, 0.6) is 0 Å². The smallest absolute Gasteiger partial charge is 0.266 e. The van der Waals surface area contributed by atoms with E-state index in [9.17, 15) is 10.1 Å². The number of hydrogen-bond acceptors (Lipinski definition) is 2. The van der Waals surface area contributed by atoms with E-state index in [4.69, 9.17) is 11.6 Å². The van der Waals surface area contributed by atoms with Crippen LogP contribution in [0.1, 0.15) is 23.6 Å². The molecule has 0 saturated heterocycles. The fourth-order valence-corrected chi connectivity index (χ4v) is 3.89. The fraction of sp³-hybridized carbons (Fsp3) is 0.111. The van der Waals surface area contributed by atoms with E-state index in [-0.39, 0.29) is 5.57 Å². The zero-order valence-electron chi connectivity index (χ0n) is 17.7.